The Morgan fingerprint density at radius 1 is 1.06 bits per heavy atom. The Hall–Kier alpha value is -2.25. The lowest BCUT2D eigenvalue weighted by Gasteiger charge is -2.40. The Balaban J connectivity index is 1.36. The molecule has 0 bridgehead atoms. The second-order valence-corrected chi connectivity index (χ2v) is 9.50. The van der Waals surface area contributed by atoms with Crippen LogP contribution in [0.3, 0.4) is 0 Å². The Morgan fingerprint density at radius 2 is 1.81 bits per heavy atom. The Kier molecular flexibility index (Phi) is 7.35. The molecule has 7 heteroatoms. The number of piperazine rings is 1. The molecule has 166 valence electrons. The van der Waals surface area contributed by atoms with Crippen molar-refractivity contribution < 1.29 is 14.0 Å². The fraction of sp³-hybridized carbons (Fsp3) is 0.500. The van der Waals surface area contributed by atoms with E-state index in [2.05, 4.69) is 10.2 Å². The van der Waals surface area contributed by atoms with Gasteiger partial charge in [0.25, 0.3) is 0 Å². The number of nitrogens with one attached hydrogen (secondary N) is 1. The summed E-state index contributed by atoms with van der Waals surface area (Å²) < 4.78 is 14.0. The lowest BCUT2D eigenvalue weighted by Crippen LogP contribution is -2.58. The first-order chi connectivity index (χ1) is 15.1. The number of carbonyl (C=O) groups excluding carboxylic acids is 2. The zero-order chi connectivity index (χ0) is 21.6. The number of halogens is 1. The van der Waals surface area contributed by atoms with Crippen LogP contribution in [-0.4, -0.2) is 53.8 Å². The zero-order valence-electron chi connectivity index (χ0n) is 17.8. The van der Waals surface area contributed by atoms with Crippen molar-refractivity contribution in [1.29, 1.82) is 0 Å². The van der Waals surface area contributed by atoms with Crippen molar-refractivity contribution in [2.75, 3.05) is 26.2 Å². The van der Waals surface area contributed by atoms with Crippen LogP contribution in [0.15, 0.2) is 41.8 Å². The highest BCUT2D eigenvalue weighted by Gasteiger charge is 2.37. The van der Waals surface area contributed by atoms with Crippen LogP contribution < -0.4 is 5.32 Å². The fourth-order valence-corrected chi connectivity index (χ4v) is 5.50. The summed E-state index contributed by atoms with van der Waals surface area (Å²) in [6.07, 6.45) is 4.86. The SMILES string of the molecule is O=C(NCc1ccccc1F)C(C1CCCC1)N1CCN(C(=O)Cc2cccs2)CC1. The standard InChI is InChI=1S/C24H30FN3O2S/c25-21-10-4-3-8-19(21)17-26-24(30)23(18-6-1-2-7-18)28-13-11-27(12-14-28)22(29)16-20-9-5-15-31-20/h3-5,8-10,15,18,23H,1-2,6-7,11-14,16-17H2,(H,26,30). The molecule has 2 aromatic rings. The molecule has 1 aliphatic heterocycles. The highest BCUT2D eigenvalue weighted by molar-refractivity contribution is 7.10. The topological polar surface area (TPSA) is 52.7 Å². The van der Waals surface area contributed by atoms with E-state index in [-0.39, 0.29) is 30.2 Å². The van der Waals surface area contributed by atoms with Crippen molar-refractivity contribution >= 4 is 23.2 Å². The molecule has 1 aliphatic carbocycles. The van der Waals surface area contributed by atoms with E-state index >= 15 is 0 Å². The van der Waals surface area contributed by atoms with Crippen LogP contribution in [0, 0.1) is 11.7 Å². The molecule has 5 nitrogen and oxygen atoms in total. The molecule has 1 atom stereocenters. The number of hydrogen-bond acceptors (Lipinski definition) is 4. The second kappa shape index (κ2) is 10.4. The van der Waals surface area contributed by atoms with E-state index in [9.17, 15) is 14.0 Å². The van der Waals surface area contributed by atoms with Crippen molar-refractivity contribution in [3.63, 3.8) is 0 Å². The molecule has 2 amide bonds. The molecule has 1 aromatic heterocycles. The molecule has 2 heterocycles. The minimum atomic E-state index is -0.293. The van der Waals surface area contributed by atoms with Crippen molar-refractivity contribution in [1.82, 2.24) is 15.1 Å². The molecule has 4 rings (SSSR count). The van der Waals surface area contributed by atoms with Crippen molar-refractivity contribution in [3.8, 4) is 0 Å². The largest absolute Gasteiger partial charge is 0.351 e. The molecule has 31 heavy (non-hydrogen) atoms. The van der Waals surface area contributed by atoms with Crippen LogP contribution in [0.1, 0.15) is 36.1 Å². The first-order valence-corrected chi connectivity index (χ1v) is 12.0. The number of thiophene rings is 1. The van der Waals surface area contributed by atoms with Gasteiger partial charge in [-0.25, -0.2) is 4.39 Å². The summed E-state index contributed by atoms with van der Waals surface area (Å²) in [6, 6.07) is 10.3. The predicted molar refractivity (Wildman–Crippen MR) is 120 cm³/mol. The minimum absolute atomic E-state index is 0.0199. The van der Waals surface area contributed by atoms with Crippen molar-refractivity contribution in [3.05, 3.63) is 58.0 Å². The quantitative estimate of drug-likeness (QED) is 0.713. The molecular formula is C24H30FN3O2S. The summed E-state index contributed by atoms with van der Waals surface area (Å²) in [5.74, 6) is 0.170. The van der Waals surface area contributed by atoms with Gasteiger partial charge in [-0.3, -0.25) is 14.5 Å². The molecular weight excluding hydrogens is 413 g/mol. The van der Waals surface area contributed by atoms with E-state index < -0.39 is 0 Å². The summed E-state index contributed by atoms with van der Waals surface area (Å²) in [4.78, 5) is 31.0. The molecule has 1 N–H and O–H groups in total. The third-order valence-corrected chi connectivity index (χ3v) is 7.37. The van der Waals surface area contributed by atoms with Crippen molar-refractivity contribution in [2.45, 2.75) is 44.7 Å². The van der Waals surface area contributed by atoms with E-state index in [1.807, 2.05) is 22.4 Å². The molecule has 1 unspecified atom stereocenters. The van der Waals surface area contributed by atoms with Crippen LogP contribution in [0.25, 0.3) is 0 Å². The number of nitrogens with zero attached hydrogens (tertiary/aromatic N) is 2. The van der Waals surface area contributed by atoms with Gasteiger partial charge in [0, 0.05) is 43.2 Å². The molecule has 1 saturated carbocycles. The van der Waals surface area contributed by atoms with Gasteiger partial charge < -0.3 is 10.2 Å². The zero-order valence-corrected chi connectivity index (χ0v) is 18.6. The van der Waals surface area contributed by atoms with E-state index in [1.54, 1.807) is 29.5 Å². The van der Waals surface area contributed by atoms with Gasteiger partial charge in [-0.05, 0) is 36.3 Å². The van der Waals surface area contributed by atoms with Crippen LogP contribution in [-0.2, 0) is 22.6 Å². The second-order valence-electron chi connectivity index (χ2n) is 8.47. The average Bonchev–Trinajstić information content (AvgIpc) is 3.48. The molecule has 1 aromatic carbocycles. The summed E-state index contributed by atoms with van der Waals surface area (Å²) in [7, 11) is 0. The summed E-state index contributed by atoms with van der Waals surface area (Å²) in [5.41, 5.74) is 0.505. The average molecular weight is 444 g/mol. The fourth-order valence-electron chi connectivity index (χ4n) is 4.80. The van der Waals surface area contributed by atoms with Crippen LogP contribution >= 0.6 is 11.3 Å². The van der Waals surface area contributed by atoms with Gasteiger partial charge in [0.2, 0.25) is 11.8 Å². The van der Waals surface area contributed by atoms with Crippen LogP contribution in [0.4, 0.5) is 4.39 Å². The van der Waals surface area contributed by atoms with Gasteiger partial charge >= 0.3 is 0 Å². The third kappa shape index (κ3) is 5.52. The molecule has 2 aliphatic rings. The predicted octanol–water partition coefficient (Wildman–Crippen LogP) is 3.45. The first-order valence-electron chi connectivity index (χ1n) is 11.2. The van der Waals surface area contributed by atoms with E-state index in [0.29, 0.717) is 44.1 Å². The number of rotatable bonds is 7. The van der Waals surface area contributed by atoms with Gasteiger partial charge in [0.1, 0.15) is 5.82 Å². The number of amides is 2. The van der Waals surface area contributed by atoms with Crippen molar-refractivity contribution in [2.24, 2.45) is 5.92 Å². The Morgan fingerprint density at radius 3 is 2.48 bits per heavy atom. The summed E-state index contributed by atoms with van der Waals surface area (Å²) in [5, 5.41) is 4.97. The summed E-state index contributed by atoms with van der Waals surface area (Å²) >= 11 is 1.61. The maximum absolute atomic E-state index is 14.0. The maximum atomic E-state index is 14.0. The van der Waals surface area contributed by atoms with Gasteiger partial charge in [0.15, 0.2) is 0 Å². The highest BCUT2D eigenvalue weighted by atomic mass is 32.1. The lowest BCUT2D eigenvalue weighted by atomic mass is 9.95. The smallest absolute Gasteiger partial charge is 0.237 e. The number of hydrogen-bond donors (Lipinski definition) is 1. The van der Waals surface area contributed by atoms with E-state index in [0.717, 1.165) is 30.6 Å². The Labute approximate surface area is 187 Å². The molecule has 1 saturated heterocycles. The number of benzene rings is 1. The Bertz CT molecular complexity index is 875. The normalized spacial score (nSPS) is 18.8. The van der Waals surface area contributed by atoms with E-state index in [4.69, 9.17) is 0 Å². The lowest BCUT2D eigenvalue weighted by molar-refractivity contribution is -0.134. The summed E-state index contributed by atoms with van der Waals surface area (Å²) in [6.45, 7) is 2.89. The number of carbonyl (C=O) groups is 2. The minimum Gasteiger partial charge on any atom is -0.351 e. The maximum Gasteiger partial charge on any atom is 0.237 e. The third-order valence-electron chi connectivity index (χ3n) is 6.49. The monoisotopic (exact) mass is 443 g/mol. The van der Waals surface area contributed by atoms with Crippen LogP contribution in [0.5, 0.6) is 0 Å². The van der Waals surface area contributed by atoms with Gasteiger partial charge in [-0.15, -0.1) is 11.3 Å². The molecule has 2 fully saturated rings. The first kappa shape index (κ1) is 22.0. The van der Waals surface area contributed by atoms with E-state index in [1.165, 1.54) is 6.07 Å². The van der Waals surface area contributed by atoms with Gasteiger partial charge in [-0.1, -0.05) is 37.1 Å². The van der Waals surface area contributed by atoms with Crippen LogP contribution in [0.2, 0.25) is 0 Å². The van der Waals surface area contributed by atoms with Gasteiger partial charge in [-0.2, -0.15) is 0 Å². The molecule has 0 radical (unpaired) electrons. The highest BCUT2D eigenvalue weighted by Crippen LogP contribution is 2.31. The van der Waals surface area contributed by atoms with Gasteiger partial charge in [0.05, 0.1) is 12.5 Å². The molecule has 0 spiro atoms.